The van der Waals surface area contributed by atoms with Crippen LogP contribution in [0.4, 0.5) is 5.69 Å². The highest BCUT2D eigenvalue weighted by Gasteiger charge is 2.15. The molecule has 0 saturated heterocycles. The first-order chi connectivity index (χ1) is 10.1. The molecule has 0 atom stereocenters. The van der Waals surface area contributed by atoms with Crippen molar-refractivity contribution >= 4 is 50.1 Å². The second-order valence-corrected chi connectivity index (χ2v) is 5.16. The minimum atomic E-state index is -0.416. The van der Waals surface area contributed by atoms with Crippen LogP contribution in [0, 0.1) is 10.1 Å². The summed E-state index contributed by atoms with van der Waals surface area (Å²) in [6, 6.07) is 12.2. The van der Waals surface area contributed by atoms with Crippen LogP contribution in [-0.4, -0.2) is 14.9 Å². The number of hydrogen-bond acceptors (Lipinski definition) is 3. The maximum absolute atomic E-state index is 10.9. The second kappa shape index (κ2) is 4.17. The van der Waals surface area contributed by atoms with Crippen molar-refractivity contribution in [2.24, 2.45) is 0 Å². The van der Waals surface area contributed by atoms with Gasteiger partial charge >= 0.3 is 0 Å². The van der Waals surface area contributed by atoms with E-state index in [0.29, 0.717) is 21.4 Å². The van der Waals surface area contributed by atoms with Crippen LogP contribution in [0.2, 0.25) is 5.02 Å². The molecule has 2 heterocycles. The fourth-order valence-corrected chi connectivity index (χ4v) is 2.86. The number of benzene rings is 2. The predicted molar refractivity (Wildman–Crippen MR) is 82.8 cm³/mol. The number of nitro benzene ring substituents is 1. The molecule has 0 spiro atoms. The van der Waals surface area contributed by atoms with Gasteiger partial charge in [-0.15, -0.1) is 0 Å². The molecule has 2 aromatic carbocycles. The molecule has 102 valence electrons. The average Bonchev–Trinajstić information content (AvgIpc) is 2.86. The molecule has 1 N–H and O–H groups in total. The number of pyridine rings is 1. The molecule has 0 aliphatic rings. The lowest BCUT2D eigenvalue weighted by atomic mass is 10.1. The minimum absolute atomic E-state index is 0.0366. The summed E-state index contributed by atoms with van der Waals surface area (Å²) >= 11 is 6.44. The zero-order valence-electron chi connectivity index (χ0n) is 10.6. The lowest BCUT2D eigenvalue weighted by molar-refractivity contribution is -0.384. The fourth-order valence-electron chi connectivity index (χ4n) is 2.57. The fraction of sp³-hybridized carbons (Fsp3) is 0. The van der Waals surface area contributed by atoms with Crippen molar-refractivity contribution in [3.05, 3.63) is 57.6 Å². The van der Waals surface area contributed by atoms with Gasteiger partial charge in [-0.2, -0.15) is 0 Å². The molecule has 5 nitrogen and oxygen atoms in total. The molecular weight excluding hydrogens is 290 g/mol. The topological polar surface area (TPSA) is 71.8 Å². The Hall–Kier alpha value is -2.66. The maximum Gasteiger partial charge on any atom is 0.270 e. The standard InChI is InChI=1S/C15H8ClN3O2/c16-13-9-3-1-2-4-11(9)17-14-10-7-8(19(20)21)5-6-12(10)18-15(13)14/h1-7,18H. The molecule has 21 heavy (non-hydrogen) atoms. The summed E-state index contributed by atoms with van der Waals surface area (Å²) in [5.41, 5.74) is 2.93. The van der Waals surface area contributed by atoms with E-state index >= 15 is 0 Å². The van der Waals surface area contributed by atoms with Crippen LogP contribution in [0.15, 0.2) is 42.5 Å². The molecular formula is C15H8ClN3O2. The number of fused-ring (bicyclic) bond motifs is 4. The van der Waals surface area contributed by atoms with Crippen LogP contribution in [0.5, 0.6) is 0 Å². The second-order valence-electron chi connectivity index (χ2n) is 4.78. The van der Waals surface area contributed by atoms with Gasteiger partial charge in [0, 0.05) is 28.4 Å². The lowest BCUT2D eigenvalue weighted by Gasteiger charge is -2.01. The number of nitrogens with one attached hydrogen (secondary N) is 1. The number of nitrogens with zero attached hydrogens (tertiary/aromatic N) is 2. The molecule has 0 bridgehead atoms. The van der Waals surface area contributed by atoms with E-state index in [1.807, 2.05) is 24.3 Å². The smallest absolute Gasteiger partial charge is 0.270 e. The lowest BCUT2D eigenvalue weighted by Crippen LogP contribution is -1.86. The number of aromatic amines is 1. The summed E-state index contributed by atoms with van der Waals surface area (Å²) in [5.74, 6) is 0. The third kappa shape index (κ3) is 1.68. The van der Waals surface area contributed by atoms with Crippen molar-refractivity contribution in [1.82, 2.24) is 9.97 Å². The normalized spacial score (nSPS) is 11.5. The summed E-state index contributed by atoms with van der Waals surface area (Å²) in [4.78, 5) is 18.3. The van der Waals surface area contributed by atoms with Gasteiger partial charge in [-0.25, -0.2) is 4.98 Å². The highest BCUT2D eigenvalue weighted by Crippen LogP contribution is 2.35. The van der Waals surface area contributed by atoms with Crippen LogP contribution in [0.3, 0.4) is 0 Å². The Bertz CT molecular complexity index is 1040. The van der Waals surface area contributed by atoms with Gasteiger partial charge in [0.1, 0.15) is 0 Å². The Labute approximate surface area is 123 Å². The Kier molecular flexibility index (Phi) is 2.40. The molecule has 0 aliphatic carbocycles. The summed E-state index contributed by atoms with van der Waals surface area (Å²) in [7, 11) is 0. The predicted octanol–water partition coefficient (Wildman–Crippen LogP) is 4.43. The Balaban J connectivity index is 2.21. The molecule has 0 radical (unpaired) electrons. The van der Waals surface area contributed by atoms with E-state index in [2.05, 4.69) is 9.97 Å². The Morgan fingerprint density at radius 2 is 1.95 bits per heavy atom. The van der Waals surface area contributed by atoms with Crippen molar-refractivity contribution in [1.29, 1.82) is 0 Å². The monoisotopic (exact) mass is 297 g/mol. The van der Waals surface area contributed by atoms with Crippen molar-refractivity contribution in [3.8, 4) is 0 Å². The van der Waals surface area contributed by atoms with E-state index < -0.39 is 4.92 Å². The van der Waals surface area contributed by atoms with Crippen LogP contribution >= 0.6 is 11.6 Å². The number of para-hydroxylation sites is 1. The largest absolute Gasteiger partial charge is 0.352 e. The van der Waals surface area contributed by atoms with Crippen molar-refractivity contribution < 1.29 is 4.92 Å². The summed E-state index contributed by atoms with van der Waals surface area (Å²) in [6.45, 7) is 0. The van der Waals surface area contributed by atoms with Crippen molar-refractivity contribution in [2.75, 3.05) is 0 Å². The third-order valence-electron chi connectivity index (χ3n) is 3.56. The number of non-ortho nitro benzene ring substituents is 1. The van der Waals surface area contributed by atoms with Crippen molar-refractivity contribution in [2.45, 2.75) is 0 Å². The molecule has 0 amide bonds. The minimum Gasteiger partial charge on any atom is -0.352 e. The number of hydrogen-bond donors (Lipinski definition) is 1. The van der Waals surface area contributed by atoms with Gasteiger partial charge in [-0.1, -0.05) is 29.8 Å². The van der Waals surface area contributed by atoms with Crippen LogP contribution < -0.4 is 0 Å². The summed E-state index contributed by atoms with van der Waals surface area (Å²) in [6.07, 6.45) is 0. The van der Waals surface area contributed by atoms with Gasteiger partial charge < -0.3 is 4.98 Å². The van der Waals surface area contributed by atoms with E-state index in [0.717, 1.165) is 16.4 Å². The molecule has 0 fully saturated rings. The van der Waals surface area contributed by atoms with Gasteiger partial charge in [0.2, 0.25) is 0 Å². The number of H-pyrrole nitrogens is 1. The first kappa shape index (κ1) is 12.1. The van der Waals surface area contributed by atoms with Crippen LogP contribution in [0.25, 0.3) is 32.8 Å². The number of aromatic nitrogens is 2. The molecule has 0 aliphatic heterocycles. The van der Waals surface area contributed by atoms with E-state index in [-0.39, 0.29) is 5.69 Å². The molecule has 4 rings (SSSR count). The molecule has 0 saturated carbocycles. The molecule has 2 aromatic heterocycles. The van der Waals surface area contributed by atoms with Crippen LogP contribution in [-0.2, 0) is 0 Å². The number of rotatable bonds is 1. The molecule has 4 aromatic rings. The quantitative estimate of drug-likeness (QED) is 0.417. The Morgan fingerprint density at radius 1 is 1.14 bits per heavy atom. The van der Waals surface area contributed by atoms with Crippen LogP contribution in [0.1, 0.15) is 0 Å². The highest BCUT2D eigenvalue weighted by atomic mass is 35.5. The summed E-state index contributed by atoms with van der Waals surface area (Å²) in [5, 5.41) is 13.1. The zero-order valence-corrected chi connectivity index (χ0v) is 11.4. The van der Waals surface area contributed by atoms with E-state index in [1.165, 1.54) is 12.1 Å². The first-order valence-corrected chi connectivity index (χ1v) is 6.67. The van der Waals surface area contributed by atoms with E-state index in [1.54, 1.807) is 6.07 Å². The Morgan fingerprint density at radius 3 is 2.76 bits per heavy atom. The third-order valence-corrected chi connectivity index (χ3v) is 3.95. The molecule has 0 unspecified atom stereocenters. The van der Waals surface area contributed by atoms with Gasteiger partial charge in [0.05, 0.1) is 26.5 Å². The highest BCUT2D eigenvalue weighted by molar-refractivity contribution is 6.40. The van der Waals surface area contributed by atoms with E-state index in [4.69, 9.17) is 11.6 Å². The van der Waals surface area contributed by atoms with Gasteiger partial charge in [-0.05, 0) is 12.1 Å². The SMILES string of the molecule is O=[N+]([O-])c1ccc2[nH]c3c(Cl)c4ccccc4nc3c2c1. The molecule has 6 heteroatoms. The summed E-state index contributed by atoms with van der Waals surface area (Å²) < 4.78 is 0. The zero-order chi connectivity index (χ0) is 14.6. The van der Waals surface area contributed by atoms with Crippen molar-refractivity contribution in [3.63, 3.8) is 0 Å². The average molecular weight is 298 g/mol. The van der Waals surface area contributed by atoms with Gasteiger partial charge in [-0.3, -0.25) is 10.1 Å². The number of nitro groups is 1. The maximum atomic E-state index is 10.9. The first-order valence-electron chi connectivity index (χ1n) is 6.29. The number of halogens is 1. The van der Waals surface area contributed by atoms with Gasteiger partial charge in [0.25, 0.3) is 5.69 Å². The van der Waals surface area contributed by atoms with E-state index in [9.17, 15) is 10.1 Å². The van der Waals surface area contributed by atoms with Gasteiger partial charge in [0.15, 0.2) is 0 Å².